The van der Waals surface area contributed by atoms with Gasteiger partial charge >= 0.3 is 6.18 Å². The normalized spacial score (nSPS) is 11.4. The molecule has 0 saturated heterocycles. The van der Waals surface area contributed by atoms with Gasteiger partial charge in [-0.2, -0.15) is 18.2 Å². The van der Waals surface area contributed by atoms with Crippen LogP contribution in [-0.2, 0) is 12.7 Å². The lowest BCUT2D eigenvalue weighted by Crippen LogP contribution is -2.07. The van der Waals surface area contributed by atoms with E-state index in [1.54, 1.807) is 24.3 Å². The SMILES string of the molecule is FC(F)(F)c1cccc(CNc2nc(Nc3cc(Cl)cc(Cl)c3)n[nH]2)c1. The van der Waals surface area contributed by atoms with Crippen molar-refractivity contribution < 1.29 is 13.2 Å². The number of aromatic nitrogens is 3. The lowest BCUT2D eigenvalue weighted by Gasteiger charge is -2.08. The smallest absolute Gasteiger partial charge is 0.350 e. The molecule has 10 heteroatoms. The number of benzene rings is 2. The Hall–Kier alpha value is -2.45. The van der Waals surface area contributed by atoms with Gasteiger partial charge in [0.25, 0.3) is 0 Å². The second-order valence-corrected chi connectivity index (χ2v) is 6.22. The number of H-pyrrole nitrogens is 1. The van der Waals surface area contributed by atoms with Gasteiger partial charge in [0.2, 0.25) is 11.9 Å². The molecule has 0 amide bonds. The number of anilines is 3. The maximum Gasteiger partial charge on any atom is 0.416 e. The van der Waals surface area contributed by atoms with Gasteiger partial charge in [-0.15, -0.1) is 5.10 Å². The zero-order chi connectivity index (χ0) is 18.7. The van der Waals surface area contributed by atoms with Gasteiger partial charge in [0, 0.05) is 22.3 Å². The second kappa shape index (κ2) is 7.43. The molecule has 0 aliphatic carbocycles. The Kier molecular flexibility index (Phi) is 5.24. The maximum absolute atomic E-state index is 12.7. The number of rotatable bonds is 5. The van der Waals surface area contributed by atoms with E-state index in [1.165, 1.54) is 6.07 Å². The van der Waals surface area contributed by atoms with E-state index in [1.807, 2.05) is 0 Å². The Morgan fingerprint density at radius 1 is 1.04 bits per heavy atom. The minimum atomic E-state index is -4.38. The molecule has 0 spiro atoms. The molecule has 1 aromatic heterocycles. The van der Waals surface area contributed by atoms with Crippen LogP contribution in [0, 0.1) is 0 Å². The molecule has 0 aliphatic heterocycles. The van der Waals surface area contributed by atoms with Gasteiger partial charge in [-0.25, -0.2) is 5.10 Å². The fourth-order valence-corrected chi connectivity index (χ4v) is 2.72. The molecule has 0 saturated carbocycles. The summed E-state index contributed by atoms with van der Waals surface area (Å²) < 4.78 is 38.2. The van der Waals surface area contributed by atoms with Crippen molar-refractivity contribution in [2.45, 2.75) is 12.7 Å². The van der Waals surface area contributed by atoms with Gasteiger partial charge in [-0.05, 0) is 35.9 Å². The summed E-state index contributed by atoms with van der Waals surface area (Å²) in [5.41, 5.74) is 0.368. The molecule has 1 heterocycles. The first-order valence-corrected chi connectivity index (χ1v) is 8.11. The van der Waals surface area contributed by atoms with E-state index in [-0.39, 0.29) is 12.5 Å². The third kappa shape index (κ3) is 4.80. The fraction of sp³-hybridized carbons (Fsp3) is 0.125. The monoisotopic (exact) mass is 401 g/mol. The topological polar surface area (TPSA) is 65.6 Å². The Bertz CT molecular complexity index is 891. The van der Waals surface area contributed by atoms with Gasteiger partial charge < -0.3 is 10.6 Å². The third-order valence-corrected chi connectivity index (χ3v) is 3.75. The summed E-state index contributed by atoms with van der Waals surface area (Å²) in [7, 11) is 0. The minimum absolute atomic E-state index is 0.154. The van der Waals surface area contributed by atoms with Crippen LogP contribution < -0.4 is 10.6 Å². The molecule has 2 aromatic carbocycles. The van der Waals surface area contributed by atoms with E-state index < -0.39 is 11.7 Å². The average molecular weight is 402 g/mol. The Labute approximate surface area is 156 Å². The van der Waals surface area contributed by atoms with Crippen molar-refractivity contribution in [3.05, 3.63) is 63.6 Å². The first-order valence-electron chi connectivity index (χ1n) is 7.35. The maximum atomic E-state index is 12.7. The van der Waals surface area contributed by atoms with E-state index in [2.05, 4.69) is 25.8 Å². The Balaban J connectivity index is 1.64. The number of halogens is 5. The molecule has 136 valence electrons. The average Bonchev–Trinajstić information content (AvgIpc) is 2.99. The van der Waals surface area contributed by atoms with Gasteiger partial charge in [0.05, 0.1) is 5.56 Å². The molecule has 3 N–H and O–H groups in total. The molecule has 3 rings (SSSR count). The molecule has 0 bridgehead atoms. The summed E-state index contributed by atoms with van der Waals surface area (Å²) in [5, 5.41) is 13.3. The van der Waals surface area contributed by atoms with Gasteiger partial charge in [-0.3, -0.25) is 0 Å². The van der Waals surface area contributed by atoms with Crippen molar-refractivity contribution in [1.29, 1.82) is 0 Å². The van der Waals surface area contributed by atoms with E-state index in [0.717, 1.165) is 12.1 Å². The lowest BCUT2D eigenvalue weighted by atomic mass is 10.1. The predicted octanol–water partition coefficient (Wildman–Crippen LogP) is 5.49. The molecule has 26 heavy (non-hydrogen) atoms. The summed E-state index contributed by atoms with van der Waals surface area (Å²) in [4.78, 5) is 4.15. The van der Waals surface area contributed by atoms with Crippen LogP contribution in [-0.4, -0.2) is 15.2 Å². The van der Waals surface area contributed by atoms with Crippen molar-refractivity contribution in [3.8, 4) is 0 Å². The van der Waals surface area contributed by atoms with Crippen molar-refractivity contribution in [1.82, 2.24) is 15.2 Å². The summed E-state index contributed by atoms with van der Waals surface area (Å²) in [6.45, 7) is 0.154. The van der Waals surface area contributed by atoms with E-state index >= 15 is 0 Å². The first-order chi connectivity index (χ1) is 12.3. The van der Waals surface area contributed by atoms with Gasteiger partial charge in [0.1, 0.15) is 0 Å². The molecule has 0 fully saturated rings. The summed E-state index contributed by atoms with van der Waals surface area (Å²) in [5.74, 6) is 0.563. The number of hydrogen-bond acceptors (Lipinski definition) is 4. The zero-order valence-electron chi connectivity index (χ0n) is 13.0. The Morgan fingerprint density at radius 2 is 1.77 bits per heavy atom. The van der Waals surface area contributed by atoms with Crippen LogP contribution in [0.5, 0.6) is 0 Å². The second-order valence-electron chi connectivity index (χ2n) is 5.34. The summed E-state index contributed by atoms with van der Waals surface area (Å²) in [6, 6.07) is 9.95. The number of alkyl halides is 3. The highest BCUT2D eigenvalue weighted by atomic mass is 35.5. The Morgan fingerprint density at radius 3 is 2.46 bits per heavy atom. The summed E-state index contributed by atoms with van der Waals surface area (Å²) in [6.07, 6.45) is -4.38. The van der Waals surface area contributed by atoms with Gasteiger partial charge in [-0.1, -0.05) is 35.3 Å². The van der Waals surface area contributed by atoms with Crippen LogP contribution in [0.1, 0.15) is 11.1 Å². The van der Waals surface area contributed by atoms with E-state index in [9.17, 15) is 13.2 Å². The quantitative estimate of drug-likeness (QED) is 0.529. The van der Waals surface area contributed by atoms with Crippen molar-refractivity contribution in [2.75, 3.05) is 10.6 Å². The predicted molar refractivity (Wildman–Crippen MR) is 94.9 cm³/mol. The summed E-state index contributed by atoms with van der Waals surface area (Å²) >= 11 is 11.8. The molecule has 0 atom stereocenters. The first kappa shape index (κ1) is 18.3. The van der Waals surface area contributed by atoms with Gasteiger partial charge in [0.15, 0.2) is 0 Å². The minimum Gasteiger partial charge on any atom is -0.350 e. The van der Waals surface area contributed by atoms with Crippen LogP contribution in [0.2, 0.25) is 10.0 Å². The lowest BCUT2D eigenvalue weighted by molar-refractivity contribution is -0.137. The third-order valence-electron chi connectivity index (χ3n) is 3.32. The van der Waals surface area contributed by atoms with Crippen molar-refractivity contribution in [3.63, 3.8) is 0 Å². The van der Waals surface area contributed by atoms with Crippen LogP contribution >= 0.6 is 23.2 Å². The molecular weight excluding hydrogens is 390 g/mol. The van der Waals surface area contributed by atoms with Crippen LogP contribution in [0.4, 0.5) is 30.8 Å². The molecule has 0 aliphatic rings. The number of aromatic amines is 1. The van der Waals surface area contributed by atoms with E-state index in [4.69, 9.17) is 23.2 Å². The van der Waals surface area contributed by atoms with Crippen LogP contribution in [0.3, 0.4) is 0 Å². The van der Waals surface area contributed by atoms with Crippen LogP contribution in [0.25, 0.3) is 0 Å². The zero-order valence-corrected chi connectivity index (χ0v) is 14.5. The standard InChI is InChI=1S/C16H12Cl2F3N5/c17-11-5-12(18)7-13(6-11)23-15-24-14(25-26-15)22-8-9-2-1-3-10(4-9)16(19,20)21/h1-7H,8H2,(H3,22,23,24,25,26). The van der Waals surface area contributed by atoms with E-state index in [0.29, 0.717) is 27.2 Å². The highest BCUT2D eigenvalue weighted by molar-refractivity contribution is 6.35. The largest absolute Gasteiger partial charge is 0.416 e. The van der Waals surface area contributed by atoms with Crippen LogP contribution in [0.15, 0.2) is 42.5 Å². The van der Waals surface area contributed by atoms with Crippen molar-refractivity contribution in [2.24, 2.45) is 0 Å². The molecule has 0 radical (unpaired) electrons. The number of hydrogen-bond donors (Lipinski definition) is 3. The molecule has 5 nitrogen and oxygen atoms in total. The highest BCUT2D eigenvalue weighted by Crippen LogP contribution is 2.29. The van der Waals surface area contributed by atoms with Crippen molar-refractivity contribution >= 4 is 40.8 Å². The highest BCUT2D eigenvalue weighted by Gasteiger charge is 2.30. The number of nitrogens with one attached hydrogen (secondary N) is 3. The molecule has 0 unspecified atom stereocenters. The molecule has 3 aromatic rings. The molecular formula is C16H12Cl2F3N5. The number of nitrogens with zero attached hydrogens (tertiary/aromatic N) is 2. The fourth-order valence-electron chi connectivity index (χ4n) is 2.20.